The lowest BCUT2D eigenvalue weighted by Crippen LogP contribution is -2.24. The Morgan fingerprint density at radius 1 is 1.07 bits per heavy atom. The van der Waals surface area contributed by atoms with E-state index in [0.29, 0.717) is 5.52 Å². The number of carbonyl (C=O) groups is 1. The molecule has 140 valence electrons. The van der Waals surface area contributed by atoms with Gasteiger partial charge in [-0.15, -0.1) is 0 Å². The Labute approximate surface area is 153 Å². The molecule has 27 heavy (non-hydrogen) atoms. The van der Waals surface area contributed by atoms with Crippen LogP contribution in [0.5, 0.6) is 0 Å². The van der Waals surface area contributed by atoms with Crippen molar-refractivity contribution in [2.45, 2.75) is 26.1 Å². The fourth-order valence-electron chi connectivity index (χ4n) is 3.00. The van der Waals surface area contributed by atoms with E-state index in [0.717, 1.165) is 17.0 Å². The van der Waals surface area contributed by atoms with Crippen molar-refractivity contribution in [1.29, 1.82) is 0 Å². The minimum Gasteiger partial charge on any atom is -0.325 e. The molecule has 1 amide bonds. The van der Waals surface area contributed by atoms with Gasteiger partial charge in [-0.3, -0.25) is 9.59 Å². The van der Waals surface area contributed by atoms with Crippen molar-refractivity contribution < 1.29 is 18.0 Å². The lowest BCUT2D eigenvalue weighted by Gasteiger charge is -2.14. The SMILES string of the molecule is Cc1cc(=O)n(CCC(=O)Nc2ccccc2C(F)(F)F)c2ccccc12. The van der Waals surface area contributed by atoms with Crippen LogP contribution in [-0.4, -0.2) is 10.5 Å². The Bertz CT molecular complexity index is 1060. The van der Waals surface area contributed by atoms with Gasteiger partial charge in [0.15, 0.2) is 0 Å². The Kier molecular flexibility index (Phi) is 5.03. The number of carbonyl (C=O) groups excluding carboxylic acids is 1. The maximum Gasteiger partial charge on any atom is 0.418 e. The number of benzene rings is 2. The molecule has 1 N–H and O–H groups in total. The minimum atomic E-state index is -4.56. The number of halogens is 3. The third-order valence-corrected chi connectivity index (χ3v) is 4.29. The third kappa shape index (κ3) is 4.02. The summed E-state index contributed by atoms with van der Waals surface area (Å²) in [5, 5.41) is 3.18. The molecule has 3 rings (SSSR count). The monoisotopic (exact) mass is 374 g/mol. The van der Waals surface area contributed by atoms with E-state index in [-0.39, 0.29) is 24.2 Å². The highest BCUT2D eigenvalue weighted by Gasteiger charge is 2.33. The second-order valence-corrected chi connectivity index (χ2v) is 6.18. The van der Waals surface area contributed by atoms with Crippen LogP contribution in [0.4, 0.5) is 18.9 Å². The second kappa shape index (κ2) is 7.26. The largest absolute Gasteiger partial charge is 0.418 e. The molecule has 0 saturated carbocycles. The van der Waals surface area contributed by atoms with Crippen molar-refractivity contribution in [2.75, 3.05) is 5.32 Å². The van der Waals surface area contributed by atoms with Gasteiger partial charge in [0.25, 0.3) is 5.56 Å². The molecule has 0 atom stereocenters. The number of pyridine rings is 1. The molecule has 0 aliphatic heterocycles. The van der Waals surface area contributed by atoms with Gasteiger partial charge in [0.1, 0.15) is 0 Å². The molecule has 1 aromatic heterocycles. The first-order chi connectivity index (χ1) is 12.8. The van der Waals surface area contributed by atoms with Gasteiger partial charge in [0.2, 0.25) is 5.91 Å². The first kappa shape index (κ1) is 18.7. The molecule has 4 nitrogen and oxygen atoms in total. The van der Waals surface area contributed by atoms with Gasteiger partial charge in [-0.25, -0.2) is 0 Å². The summed E-state index contributed by atoms with van der Waals surface area (Å²) in [6.45, 7) is 1.90. The van der Waals surface area contributed by atoms with E-state index in [4.69, 9.17) is 0 Å². The van der Waals surface area contributed by atoms with Crippen molar-refractivity contribution in [2.24, 2.45) is 0 Å². The number of rotatable bonds is 4. The van der Waals surface area contributed by atoms with E-state index in [2.05, 4.69) is 5.32 Å². The number of aryl methyl sites for hydroxylation is 2. The first-order valence-corrected chi connectivity index (χ1v) is 8.32. The zero-order chi connectivity index (χ0) is 19.6. The van der Waals surface area contributed by atoms with Crippen molar-refractivity contribution in [3.63, 3.8) is 0 Å². The van der Waals surface area contributed by atoms with Crippen molar-refractivity contribution in [1.82, 2.24) is 4.57 Å². The molecule has 0 aliphatic carbocycles. The number of hydrogen-bond acceptors (Lipinski definition) is 2. The summed E-state index contributed by atoms with van der Waals surface area (Å²) in [4.78, 5) is 24.5. The molecule has 0 spiro atoms. The van der Waals surface area contributed by atoms with Gasteiger partial charge in [0.05, 0.1) is 16.8 Å². The summed E-state index contributed by atoms with van der Waals surface area (Å²) in [7, 11) is 0. The number of nitrogens with one attached hydrogen (secondary N) is 1. The van der Waals surface area contributed by atoms with Gasteiger partial charge >= 0.3 is 6.18 Å². The van der Waals surface area contributed by atoms with E-state index < -0.39 is 17.6 Å². The van der Waals surface area contributed by atoms with Crippen LogP contribution >= 0.6 is 0 Å². The molecule has 0 unspecified atom stereocenters. The molecular weight excluding hydrogens is 357 g/mol. The van der Waals surface area contributed by atoms with E-state index in [1.54, 1.807) is 12.1 Å². The predicted molar refractivity (Wildman–Crippen MR) is 97.6 cm³/mol. The lowest BCUT2D eigenvalue weighted by atomic mass is 10.1. The normalized spacial score (nSPS) is 11.6. The second-order valence-electron chi connectivity index (χ2n) is 6.18. The number of fused-ring (bicyclic) bond motifs is 1. The highest BCUT2D eigenvalue weighted by molar-refractivity contribution is 5.91. The van der Waals surface area contributed by atoms with Crippen LogP contribution in [0.1, 0.15) is 17.5 Å². The average Bonchev–Trinajstić information content (AvgIpc) is 2.61. The zero-order valence-corrected chi connectivity index (χ0v) is 14.5. The summed E-state index contributed by atoms with van der Waals surface area (Å²) in [5.74, 6) is -0.594. The standard InChI is InChI=1S/C20H17F3N2O2/c1-13-12-19(27)25(17-9-5-2-6-14(13)17)11-10-18(26)24-16-8-4-3-7-15(16)20(21,22)23/h2-9,12H,10-11H2,1H3,(H,24,26). The first-order valence-electron chi connectivity index (χ1n) is 8.32. The molecule has 1 heterocycles. The highest BCUT2D eigenvalue weighted by Crippen LogP contribution is 2.34. The molecule has 0 fully saturated rings. The van der Waals surface area contributed by atoms with Gasteiger partial charge in [-0.2, -0.15) is 13.2 Å². The molecule has 0 radical (unpaired) electrons. The lowest BCUT2D eigenvalue weighted by molar-refractivity contribution is -0.137. The van der Waals surface area contributed by atoms with Crippen LogP contribution in [0.25, 0.3) is 10.9 Å². The van der Waals surface area contributed by atoms with Crippen LogP contribution < -0.4 is 10.9 Å². The third-order valence-electron chi connectivity index (χ3n) is 4.29. The van der Waals surface area contributed by atoms with Crippen LogP contribution in [0, 0.1) is 6.92 Å². The van der Waals surface area contributed by atoms with Crippen LogP contribution in [-0.2, 0) is 17.5 Å². The van der Waals surface area contributed by atoms with Crippen LogP contribution in [0.3, 0.4) is 0 Å². The summed E-state index contributed by atoms with van der Waals surface area (Å²) in [6, 6.07) is 13.6. The van der Waals surface area contributed by atoms with Gasteiger partial charge in [-0.1, -0.05) is 30.3 Å². The number of anilines is 1. The van der Waals surface area contributed by atoms with E-state index in [1.165, 1.54) is 28.8 Å². The summed E-state index contributed by atoms with van der Waals surface area (Å²) in [6.07, 6.45) is -4.69. The van der Waals surface area contributed by atoms with Gasteiger partial charge in [-0.05, 0) is 30.7 Å². The summed E-state index contributed by atoms with van der Waals surface area (Å²) in [5.41, 5.74) is 0.0588. The average molecular weight is 374 g/mol. The topological polar surface area (TPSA) is 51.1 Å². The molecule has 0 bridgehead atoms. The maximum atomic E-state index is 13.0. The van der Waals surface area contributed by atoms with Crippen molar-refractivity contribution in [3.8, 4) is 0 Å². The fraction of sp³-hybridized carbons (Fsp3) is 0.200. The van der Waals surface area contributed by atoms with Crippen LogP contribution in [0.2, 0.25) is 0 Å². The Morgan fingerprint density at radius 3 is 2.48 bits per heavy atom. The van der Waals surface area contributed by atoms with Crippen molar-refractivity contribution in [3.05, 3.63) is 76.1 Å². The van der Waals surface area contributed by atoms with E-state index >= 15 is 0 Å². The van der Waals surface area contributed by atoms with E-state index in [9.17, 15) is 22.8 Å². The zero-order valence-electron chi connectivity index (χ0n) is 14.5. The maximum absolute atomic E-state index is 13.0. The Morgan fingerprint density at radius 2 is 1.74 bits per heavy atom. The summed E-state index contributed by atoms with van der Waals surface area (Å²) >= 11 is 0. The number of aromatic nitrogens is 1. The number of nitrogens with zero attached hydrogens (tertiary/aromatic N) is 1. The molecular formula is C20H17F3N2O2. The highest BCUT2D eigenvalue weighted by atomic mass is 19.4. The van der Waals surface area contributed by atoms with Crippen LogP contribution in [0.15, 0.2) is 59.4 Å². The number of amides is 1. The smallest absolute Gasteiger partial charge is 0.325 e. The number of alkyl halides is 3. The summed E-state index contributed by atoms with van der Waals surface area (Å²) < 4.78 is 40.5. The Balaban J connectivity index is 1.80. The molecule has 0 aliphatic rings. The quantitative estimate of drug-likeness (QED) is 0.738. The predicted octanol–water partition coefficient (Wildman–Crippen LogP) is 4.36. The number of hydrogen-bond donors (Lipinski definition) is 1. The number of para-hydroxylation sites is 2. The minimum absolute atomic E-state index is 0.0691. The van der Waals surface area contributed by atoms with E-state index in [1.807, 2.05) is 19.1 Å². The molecule has 7 heteroatoms. The molecule has 3 aromatic rings. The van der Waals surface area contributed by atoms with Gasteiger partial charge < -0.3 is 9.88 Å². The van der Waals surface area contributed by atoms with Crippen molar-refractivity contribution >= 4 is 22.5 Å². The molecule has 2 aromatic carbocycles. The fourth-order valence-corrected chi connectivity index (χ4v) is 3.00. The van der Waals surface area contributed by atoms with Gasteiger partial charge in [0, 0.05) is 24.4 Å². The molecule has 0 saturated heterocycles. The Hall–Kier alpha value is -3.09.